The van der Waals surface area contributed by atoms with Gasteiger partial charge >= 0.3 is 0 Å². The number of benzene rings is 1. The average molecular weight is 272 g/mol. The maximum Gasteiger partial charge on any atom is -0.00160 e. The maximum atomic E-state index is 3.49. The van der Waals surface area contributed by atoms with Gasteiger partial charge < -0.3 is 10.2 Å². The lowest BCUT2D eigenvalue weighted by atomic mass is 9.81. The third kappa shape index (κ3) is 3.24. The fourth-order valence-corrected chi connectivity index (χ4v) is 3.94. The second-order valence-corrected chi connectivity index (χ2v) is 6.58. The van der Waals surface area contributed by atoms with E-state index in [2.05, 4.69) is 41.5 Å². The molecule has 1 N–H and O–H groups in total. The van der Waals surface area contributed by atoms with Crippen LogP contribution in [0.4, 0.5) is 0 Å². The van der Waals surface area contributed by atoms with Gasteiger partial charge in [-0.1, -0.05) is 24.3 Å². The molecule has 0 aromatic heterocycles. The van der Waals surface area contributed by atoms with Crippen molar-refractivity contribution in [3.05, 3.63) is 35.4 Å². The molecule has 1 aromatic carbocycles. The van der Waals surface area contributed by atoms with E-state index in [0.717, 1.165) is 11.8 Å². The molecule has 2 aliphatic rings. The molecular weight excluding hydrogens is 244 g/mol. The molecule has 0 amide bonds. The Balaban J connectivity index is 1.81. The van der Waals surface area contributed by atoms with Crippen LogP contribution in [0.25, 0.3) is 0 Å². The first-order valence-corrected chi connectivity index (χ1v) is 8.32. The van der Waals surface area contributed by atoms with E-state index >= 15 is 0 Å². The van der Waals surface area contributed by atoms with Crippen LogP contribution in [-0.2, 0) is 0 Å². The van der Waals surface area contributed by atoms with Gasteiger partial charge in [0.05, 0.1) is 0 Å². The first-order chi connectivity index (χ1) is 9.84. The zero-order chi connectivity index (χ0) is 13.8. The summed E-state index contributed by atoms with van der Waals surface area (Å²) in [7, 11) is 2.26. The summed E-state index contributed by atoms with van der Waals surface area (Å²) in [6.45, 7) is 4.90. The Morgan fingerprint density at radius 3 is 2.25 bits per heavy atom. The van der Waals surface area contributed by atoms with E-state index in [9.17, 15) is 0 Å². The molecule has 0 aliphatic carbocycles. The van der Waals surface area contributed by atoms with Crippen molar-refractivity contribution in [2.75, 3.05) is 33.2 Å². The van der Waals surface area contributed by atoms with Crippen molar-refractivity contribution in [1.82, 2.24) is 10.2 Å². The minimum Gasteiger partial charge on any atom is -0.317 e. The van der Waals surface area contributed by atoms with Gasteiger partial charge in [-0.3, -0.25) is 0 Å². The van der Waals surface area contributed by atoms with Crippen molar-refractivity contribution >= 4 is 0 Å². The van der Waals surface area contributed by atoms with Crippen molar-refractivity contribution in [3.63, 3.8) is 0 Å². The molecule has 1 atom stereocenters. The topological polar surface area (TPSA) is 15.3 Å². The van der Waals surface area contributed by atoms with Crippen LogP contribution in [0.1, 0.15) is 55.1 Å². The Labute approximate surface area is 123 Å². The summed E-state index contributed by atoms with van der Waals surface area (Å²) in [5, 5.41) is 3.49. The largest absolute Gasteiger partial charge is 0.317 e. The summed E-state index contributed by atoms with van der Waals surface area (Å²) in [6.07, 6.45) is 6.67. The SMILES string of the molecule is CN1CCCC(c2ccccc2C2CCNCC2)CC1. The van der Waals surface area contributed by atoms with E-state index < -0.39 is 0 Å². The van der Waals surface area contributed by atoms with Crippen LogP contribution in [0.5, 0.6) is 0 Å². The molecule has 2 fully saturated rings. The third-order valence-electron chi connectivity index (χ3n) is 5.17. The number of nitrogens with zero attached hydrogens (tertiary/aromatic N) is 1. The van der Waals surface area contributed by atoms with Crippen LogP contribution in [0.15, 0.2) is 24.3 Å². The molecule has 1 aromatic rings. The molecule has 1 unspecified atom stereocenters. The van der Waals surface area contributed by atoms with Gasteiger partial charge in [0.1, 0.15) is 0 Å². The molecular formula is C18H28N2. The van der Waals surface area contributed by atoms with Crippen molar-refractivity contribution in [3.8, 4) is 0 Å². The minimum absolute atomic E-state index is 0.783. The van der Waals surface area contributed by atoms with Gasteiger partial charge in [0.25, 0.3) is 0 Å². The zero-order valence-corrected chi connectivity index (χ0v) is 12.8. The number of hydrogen-bond donors (Lipinski definition) is 1. The smallest absolute Gasteiger partial charge is 0.00160 e. The number of rotatable bonds is 2. The first-order valence-electron chi connectivity index (χ1n) is 8.32. The summed E-state index contributed by atoms with van der Waals surface area (Å²) in [5.41, 5.74) is 3.32. The monoisotopic (exact) mass is 272 g/mol. The summed E-state index contributed by atoms with van der Waals surface area (Å²) in [4.78, 5) is 2.49. The van der Waals surface area contributed by atoms with Crippen LogP contribution in [-0.4, -0.2) is 38.1 Å². The standard InChI is InChI=1S/C18H28N2/c1-20-13-4-5-15(10-14-20)17-6-2-3-7-18(17)16-8-11-19-12-9-16/h2-3,6-7,15-16,19H,4-5,8-14H2,1H3. The van der Waals surface area contributed by atoms with Crippen LogP contribution in [0, 0.1) is 0 Å². The van der Waals surface area contributed by atoms with Gasteiger partial charge in [-0.05, 0) is 88.3 Å². The predicted octanol–water partition coefficient (Wildman–Crippen LogP) is 3.35. The highest BCUT2D eigenvalue weighted by atomic mass is 15.1. The Bertz CT molecular complexity index is 423. The van der Waals surface area contributed by atoms with Gasteiger partial charge in [-0.15, -0.1) is 0 Å². The first kappa shape index (κ1) is 14.1. The van der Waals surface area contributed by atoms with E-state index in [-0.39, 0.29) is 0 Å². The lowest BCUT2D eigenvalue weighted by molar-refractivity contribution is 0.347. The highest BCUT2D eigenvalue weighted by Crippen LogP contribution is 2.36. The molecule has 20 heavy (non-hydrogen) atoms. The van der Waals surface area contributed by atoms with E-state index in [4.69, 9.17) is 0 Å². The average Bonchev–Trinajstić information content (AvgIpc) is 2.73. The Hall–Kier alpha value is -0.860. The molecule has 2 saturated heterocycles. The number of hydrogen-bond acceptors (Lipinski definition) is 2. The Kier molecular flexibility index (Phi) is 4.74. The maximum absolute atomic E-state index is 3.49. The van der Waals surface area contributed by atoms with Gasteiger partial charge in [-0.2, -0.15) is 0 Å². The van der Waals surface area contributed by atoms with Crippen LogP contribution in [0.2, 0.25) is 0 Å². The second-order valence-electron chi connectivity index (χ2n) is 6.58. The lowest BCUT2D eigenvalue weighted by Crippen LogP contribution is -2.27. The molecule has 3 rings (SSSR count). The third-order valence-corrected chi connectivity index (χ3v) is 5.17. The Morgan fingerprint density at radius 1 is 0.900 bits per heavy atom. The molecule has 0 spiro atoms. The molecule has 110 valence electrons. The van der Waals surface area contributed by atoms with Crippen LogP contribution >= 0.6 is 0 Å². The highest BCUT2D eigenvalue weighted by Gasteiger charge is 2.23. The summed E-state index contributed by atoms with van der Waals surface area (Å²) < 4.78 is 0. The molecule has 2 heteroatoms. The van der Waals surface area contributed by atoms with Crippen molar-refractivity contribution in [1.29, 1.82) is 0 Å². The molecule has 0 radical (unpaired) electrons. The van der Waals surface area contributed by atoms with Crippen LogP contribution in [0.3, 0.4) is 0 Å². The van der Waals surface area contributed by atoms with Crippen molar-refractivity contribution in [2.24, 2.45) is 0 Å². The number of piperidine rings is 1. The van der Waals surface area contributed by atoms with Gasteiger partial charge in [-0.25, -0.2) is 0 Å². The summed E-state index contributed by atoms with van der Waals surface area (Å²) in [6, 6.07) is 9.30. The highest BCUT2D eigenvalue weighted by molar-refractivity contribution is 5.34. The second kappa shape index (κ2) is 6.73. The van der Waals surface area contributed by atoms with Crippen molar-refractivity contribution < 1.29 is 0 Å². The zero-order valence-electron chi connectivity index (χ0n) is 12.8. The predicted molar refractivity (Wildman–Crippen MR) is 85.4 cm³/mol. The van der Waals surface area contributed by atoms with Gasteiger partial charge in [0.2, 0.25) is 0 Å². The van der Waals surface area contributed by atoms with E-state index in [1.165, 1.54) is 58.3 Å². The van der Waals surface area contributed by atoms with Gasteiger partial charge in [0.15, 0.2) is 0 Å². The fourth-order valence-electron chi connectivity index (χ4n) is 3.94. The normalized spacial score (nSPS) is 26.4. The lowest BCUT2D eigenvalue weighted by Gasteiger charge is -2.28. The number of likely N-dealkylation sites (tertiary alicyclic amines) is 1. The molecule has 2 heterocycles. The minimum atomic E-state index is 0.783. The van der Waals surface area contributed by atoms with E-state index in [1.54, 1.807) is 11.1 Å². The quantitative estimate of drug-likeness (QED) is 0.888. The molecule has 2 aliphatic heterocycles. The molecule has 2 nitrogen and oxygen atoms in total. The van der Waals surface area contributed by atoms with E-state index in [0.29, 0.717) is 0 Å². The molecule has 0 bridgehead atoms. The fraction of sp³-hybridized carbons (Fsp3) is 0.667. The van der Waals surface area contributed by atoms with E-state index in [1.807, 2.05) is 0 Å². The Morgan fingerprint density at radius 2 is 1.55 bits per heavy atom. The van der Waals surface area contributed by atoms with Crippen LogP contribution < -0.4 is 5.32 Å². The molecule has 0 saturated carbocycles. The van der Waals surface area contributed by atoms with Gasteiger partial charge in [0, 0.05) is 0 Å². The summed E-state index contributed by atoms with van der Waals surface area (Å²) in [5.74, 6) is 1.57. The number of nitrogens with one attached hydrogen (secondary N) is 1. The van der Waals surface area contributed by atoms with Crippen molar-refractivity contribution in [2.45, 2.75) is 43.9 Å². The summed E-state index contributed by atoms with van der Waals surface area (Å²) >= 11 is 0.